The molecule has 1 rings (SSSR count). The Bertz CT molecular complexity index is 360. The molecule has 1 saturated heterocycles. The molecule has 1 unspecified atom stereocenters. The van der Waals surface area contributed by atoms with E-state index in [1.165, 1.54) is 4.90 Å². The maximum absolute atomic E-state index is 12.3. The molecule has 4 nitrogen and oxygen atoms in total. The third-order valence-electron chi connectivity index (χ3n) is 2.72. The molecule has 1 fully saturated rings. The van der Waals surface area contributed by atoms with Crippen molar-refractivity contribution in [2.75, 3.05) is 13.1 Å². The molecule has 7 heteroatoms. The number of ketones is 1. The van der Waals surface area contributed by atoms with Crippen molar-refractivity contribution < 1.29 is 27.5 Å². The van der Waals surface area contributed by atoms with Crippen LogP contribution in [0.5, 0.6) is 0 Å². The summed E-state index contributed by atoms with van der Waals surface area (Å²) in [6, 6.07) is 0. The number of piperidine rings is 1. The van der Waals surface area contributed by atoms with Crippen molar-refractivity contribution in [2.24, 2.45) is 5.92 Å². The summed E-state index contributed by atoms with van der Waals surface area (Å²) in [5.41, 5.74) is -0.710. The van der Waals surface area contributed by atoms with Crippen LogP contribution in [0.3, 0.4) is 0 Å². The first-order valence-electron chi connectivity index (χ1n) is 6.09. The van der Waals surface area contributed by atoms with Crippen molar-refractivity contribution in [3.8, 4) is 0 Å². The van der Waals surface area contributed by atoms with Gasteiger partial charge in [-0.15, -0.1) is 0 Å². The first kappa shape index (κ1) is 15.8. The van der Waals surface area contributed by atoms with Gasteiger partial charge in [-0.05, 0) is 33.6 Å². The van der Waals surface area contributed by atoms with Gasteiger partial charge in [-0.2, -0.15) is 13.2 Å². The molecule has 0 aromatic rings. The highest BCUT2D eigenvalue weighted by Crippen LogP contribution is 2.27. The van der Waals surface area contributed by atoms with Gasteiger partial charge in [-0.3, -0.25) is 4.79 Å². The van der Waals surface area contributed by atoms with E-state index >= 15 is 0 Å². The smallest absolute Gasteiger partial charge is 0.444 e. The zero-order valence-electron chi connectivity index (χ0n) is 11.2. The lowest BCUT2D eigenvalue weighted by Crippen LogP contribution is -2.47. The molecule has 0 aliphatic carbocycles. The summed E-state index contributed by atoms with van der Waals surface area (Å²) in [5, 5.41) is 0. The van der Waals surface area contributed by atoms with E-state index in [1.807, 2.05) is 0 Å². The van der Waals surface area contributed by atoms with Crippen molar-refractivity contribution in [3.05, 3.63) is 0 Å². The van der Waals surface area contributed by atoms with Gasteiger partial charge < -0.3 is 9.64 Å². The molecule has 0 aromatic carbocycles. The predicted octanol–water partition coefficient (Wildman–Crippen LogP) is 2.76. The first-order valence-corrected chi connectivity index (χ1v) is 6.09. The Morgan fingerprint density at radius 2 is 1.79 bits per heavy atom. The standard InChI is InChI=1S/C12H18F3NO3/c1-11(2,3)19-10(18)16-6-4-5-8(7-16)9(17)12(13,14)15/h8H,4-7H2,1-3H3. The highest BCUT2D eigenvalue weighted by Gasteiger charge is 2.45. The summed E-state index contributed by atoms with van der Waals surface area (Å²) < 4.78 is 42.1. The molecule has 0 spiro atoms. The minimum Gasteiger partial charge on any atom is -0.444 e. The van der Waals surface area contributed by atoms with Crippen molar-refractivity contribution in [1.29, 1.82) is 0 Å². The van der Waals surface area contributed by atoms with Crippen LogP contribution >= 0.6 is 0 Å². The zero-order valence-corrected chi connectivity index (χ0v) is 11.2. The number of carbonyl (C=O) groups is 2. The Kier molecular flexibility index (Phi) is 4.47. The van der Waals surface area contributed by atoms with Crippen LogP contribution in [0.2, 0.25) is 0 Å². The van der Waals surface area contributed by atoms with E-state index in [2.05, 4.69) is 0 Å². The average molecular weight is 281 g/mol. The van der Waals surface area contributed by atoms with E-state index in [0.29, 0.717) is 13.0 Å². The van der Waals surface area contributed by atoms with E-state index in [1.54, 1.807) is 20.8 Å². The van der Waals surface area contributed by atoms with Gasteiger partial charge in [0, 0.05) is 19.0 Å². The second-order valence-corrected chi connectivity index (χ2v) is 5.63. The third-order valence-corrected chi connectivity index (χ3v) is 2.72. The summed E-state index contributed by atoms with van der Waals surface area (Å²) in [6.45, 7) is 5.11. The number of alkyl halides is 3. The van der Waals surface area contributed by atoms with E-state index in [4.69, 9.17) is 4.74 Å². The molecule has 110 valence electrons. The third kappa shape index (κ3) is 4.72. The lowest BCUT2D eigenvalue weighted by atomic mass is 9.93. The molecule has 0 aromatic heterocycles. The number of Topliss-reactive ketones (excluding diaryl/α,β-unsaturated/α-hetero) is 1. The molecule has 19 heavy (non-hydrogen) atoms. The SMILES string of the molecule is CC(C)(C)OC(=O)N1CCCC(C(=O)C(F)(F)F)C1. The lowest BCUT2D eigenvalue weighted by Gasteiger charge is -2.33. The van der Waals surface area contributed by atoms with Gasteiger partial charge in [-0.1, -0.05) is 0 Å². The van der Waals surface area contributed by atoms with Crippen LogP contribution < -0.4 is 0 Å². The average Bonchev–Trinajstić information content (AvgIpc) is 2.24. The van der Waals surface area contributed by atoms with Gasteiger partial charge in [-0.25, -0.2) is 4.79 Å². The van der Waals surface area contributed by atoms with Crippen LogP contribution in [0.4, 0.5) is 18.0 Å². The molecular weight excluding hydrogens is 263 g/mol. The van der Waals surface area contributed by atoms with E-state index in [0.717, 1.165) is 0 Å². The van der Waals surface area contributed by atoms with Crippen LogP contribution in [0.25, 0.3) is 0 Å². The molecule has 1 aliphatic heterocycles. The van der Waals surface area contributed by atoms with Crippen molar-refractivity contribution in [2.45, 2.75) is 45.4 Å². The Morgan fingerprint density at radius 3 is 2.26 bits per heavy atom. The number of ether oxygens (including phenoxy) is 1. The van der Waals surface area contributed by atoms with E-state index in [9.17, 15) is 22.8 Å². The minimum absolute atomic E-state index is 0.150. The van der Waals surface area contributed by atoms with E-state index < -0.39 is 29.6 Å². The van der Waals surface area contributed by atoms with Crippen molar-refractivity contribution in [3.63, 3.8) is 0 Å². The highest BCUT2D eigenvalue weighted by molar-refractivity contribution is 5.87. The summed E-state index contributed by atoms with van der Waals surface area (Å²) >= 11 is 0. The van der Waals surface area contributed by atoms with Gasteiger partial charge in [0.1, 0.15) is 5.60 Å². The maximum atomic E-state index is 12.3. The fourth-order valence-corrected chi connectivity index (χ4v) is 1.91. The number of likely N-dealkylation sites (tertiary alicyclic amines) is 1. The molecule has 0 N–H and O–H groups in total. The molecule has 0 bridgehead atoms. The monoisotopic (exact) mass is 281 g/mol. The second kappa shape index (κ2) is 5.38. The number of carbonyl (C=O) groups excluding carboxylic acids is 2. The predicted molar refractivity (Wildman–Crippen MR) is 61.6 cm³/mol. The van der Waals surface area contributed by atoms with Gasteiger partial charge in [0.2, 0.25) is 5.78 Å². The summed E-state index contributed by atoms with van der Waals surface area (Å²) in [7, 11) is 0. The van der Waals surface area contributed by atoms with Crippen LogP contribution in [-0.4, -0.2) is 41.6 Å². The molecule has 0 radical (unpaired) electrons. The summed E-state index contributed by atoms with van der Waals surface area (Å²) in [4.78, 5) is 24.1. The van der Waals surface area contributed by atoms with Crippen LogP contribution in [0.1, 0.15) is 33.6 Å². The number of nitrogens with zero attached hydrogens (tertiary/aromatic N) is 1. The van der Waals surface area contributed by atoms with Gasteiger partial charge in [0.15, 0.2) is 0 Å². The van der Waals surface area contributed by atoms with Gasteiger partial charge >= 0.3 is 12.3 Å². The second-order valence-electron chi connectivity index (χ2n) is 5.63. The number of halogens is 3. The normalized spacial score (nSPS) is 21.2. The van der Waals surface area contributed by atoms with Crippen LogP contribution in [0, 0.1) is 5.92 Å². The van der Waals surface area contributed by atoms with Crippen molar-refractivity contribution >= 4 is 11.9 Å². The summed E-state index contributed by atoms with van der Waals surface area (Å²) in [6.07, 6.45) is -5.00. The molecule has 1 amide bonds. The molecule has 1 atom stereocenters. The zero-order chi connectivity index (χ0) is 14.8. The van der Waals surface area contributed by atoms with Crippen LogP contribution in [0.15, 0.2) is 0 Å². The number of rotatable bonds is 1. The lowest BCUT2D eigenvalue weighted by molar-refractivity contribution is -0.177. The van der Waals surface area contributed by atoms with E-state index in [-0.39, 0.29) is 13.0 Å². The largest absolute Gasteiger partial charge is 0.450 e. The Morgan fingerprint density at radius 1 is 1.21 bits per heavy atom. The van der Waals surface area contributed by atoms with Gasteiger partial charge in [0.25, 0.3) is 0 Å². The van der Waals surface area contributed by atoms with Crippen LogP contribution in [-0.2, 0) is 9.53 Å². The number of amides is 1. The quantitative estimate of drug-likeness (QED) is 0.742. The molecule has 1 aliphatic rings. The fourth-order valence-electron chi connectivity index (χ4n) is 1.91. The highest BCUT2D eigenvalue weighted by atomic mass is 19.4. The number of hydrogen-bond donors (Lipinski definition) is 0. The van der Waals surface area contributed by atoms with Crippen molar-refractivity contribution in [1.82, 2.24) is 4.90 Å². The maximum Gasteiger partial charge on any atom is 0.450 e. The summed E-state index contributed by atoms with van der Waals surface area (Å²) in [5.74, 6) is -2.94. The Balaban J connectivity index is 2.65. The minimum atomic E-state index is -4.85. The Labute approximate surface area is 109 Å². The van der Waals surface area contributed by atoms with Gasteiger partial charge in [0.05, 0.1) is 0 Å². The molecular formula is C12H18F3NO3. The molecule has 1 heterocycles. The topological polar surface area (TPSA) is 46.6 Å². The first-order chi connectivity index (χ1) is 8.50. The Hall–Kier alpha value is -1.27. The number of hydrogen-bond acceptors (Lipinski definition) is 3. The fraction of sp³-hybridized carbons (Fsp3) is 0.833. The molecule has 0 saturated carbocycles.